The number of nitrogens with zero attached hydrogens (tertiary/aromatic N) is 2. The fraction of sp³-hybridized carbons (Fsp3) is 0.423. The van der Waals surface area contributed by atoms with Gasteiger partial charge in [0.1, 0.15) is 11.6 Å². The van der Waals surface area contributed by atoms with Crippen LogP contribution in [0.4, 0.5) is 0 Å². The highest BCUT2D eigenvalue weighted by Crippen LogP contribution is 2.40. The van der Waals surface area contributed by atoms with Gasteiger partial charge >= 0.3 is 0 Å². The van der Waals surface area contributed by atoms with Gasteiger partial charge in [-0.2, -0.15) is 4.02 Å². The van der Waals surface area contributed by atoms with Crippen molar-refractivity contribution >= 4 is 33.7 Å². The summed E-state index contributed by atoms with van der Waals surface area (Å²) >= 11 is 3.21. The van der Waals surface area contributed by atoms with E-state index >= 15 is 0 Å². The van der Waals surface area contributed by atoms with Gasteiger partial charge in [0, 0.05) is 30.3 Å². The van der Waals surface area contributed by atoms with Gasteiger partial charge in [0.05, 0.1) is 49.1 Å². The van der Waals surface area contributed by atoms with E-state index in [0.29, 0.717) is 47.4 Å². The van der Waals surface area contributed by atoms with Crippen molar-refractivity contribution in [2.24, 2.45) is 4.02 Å². The summed E-state index contributed by atoms with van der Waals surface area (Å²) in [6.07, 6.45) is 0. The Labute approximate surface area is 215 Å². The molecule has 0 fully saturated rings. The first-order chi connectivity index (χ1) is 16.6. The molecule has 188 valence electrons. The monoisotopic (exact) mass is 545 g/mol. The van der Waals surface area contributed by atoms with E-state index in [0.717, 1.165) is 16.7 Å². The molecule has 0 radical (unpaired) electrons. The molecule has 0 spiro atoms. The molecule has 8 nitrogen and oxygen atoms in total. The fourth-order valence-electron chi connectivity index (χ4n) is 4.18. The van der Waals surface area contributed by atoms with Crippen LogP contribution in [0.25, 0.3) is 0 Å². The van der Waals surface area contributed by atoms with E-state index in [1.54, 1.807) is 33.4 Å². The van der Waals surface area contributed by atoms with Crippen molar-refractivity contribution in [1.82, 2.24) is 10.2 Å². The van der Waals surface area contributed by atoms with Crippen LogP contribution in [-0.2, 0) is 12.0 Å². The van der Waals surface area contributed by atoms with E-state index in [1.165, 1.54) is 0 Å². The molecule has 0 aliphatic carbocycles. The number of benzene rings is 2. The number of nitrogens with one attached hydrogen (secondary N) is 1. The number of Topliss-reactive ketones (excluding diaryl/α,β-unsaturated/α-hetero) is 1. The average Bonchev–Trinajstić information content (AvgIpc) is 3.17. The van der Waals surface area contributed by atoms with E-state index in [4.69, 9.17) is 14.2 Å². The Balaban J connectivity index is 1.97. The number of carbonyl (C=O) groups excluding carboxylic acids is 2. The number of methoxy groups -OCH3 is 2. The number of fused-ring (bicyclic) bond motifs is 1. The molecule has 1 aliphatic rings. The van der Waals surface area contributed by atoms with Crippen molar-refractivity contribution < 1.29 is 23.8 Å². The Kier molecular flexibility index (Phi) is 8.10. The van der Waals surface area contributed by atoms with Crippen molar-refractivity contribution in [1.29, 1.82) is 0 Å². The Bertz CT molecular complexity index is 1170. The molecule has 2 aromatic rings. The largest absolute Gasteiger partial charge is 0.493 e. The SMILES string of the molecule is CCOc1cc2c(cc1C(=O)NC)/C(=N/Br)N(CC(=O)c1cc(OC)c(OC)c(C(C)(C)C)c1)C2. The standard InChI is InChI=1S/C26H32BrN3O5/c1-8-35-21-11-16-13-30(24(29-27)17(16)12-18(21)25(32)28-5)14-20(31)15-9-19(26(2,3)4)23(34-7)22(10-15)33-6/h9-12H,8,13-14H2,1-7H3,(H,28,32)/b29-24-. The van der Waals surface area contributed by atoms with Gasteiger partial charge in [-0.1, -0.05) is 20.8 Å². The zero-order chi connectivity index (χ0) is 25.9. The van der Waals surface area contributed by atoms with Gasteiger partial charge in [0.2, 0.25) is 0 Å². The van der Waals surface area contributed by atoms with Crippen molar-refractivity contribution in [2.45, 2.75) is 39.7 Å². The maximum atomic E-state index is 13.5. The van der Waals surface area contributed by atoms with Gasteiger partial charge in [-0.3, -0.25) is 9.59 Å². The highest BCUT2D eigenvalue weighted by Gasteiger charge is 2.31. The number of carbonyl (C=O) groups is 2. The smallest absolute Gasteiger partial charge is 0.254 e. The van der Waals surface area contributed by atoms with Gasteiger partial charge < -0.3 is 24.4 Å². The lowest BCUT2D eigenvalue weighted by Gasteiger charge is -2.25. The van der Waals surface area contributed by atoms with Crippen LogP contribution in [0.15, 0.2) is 28.3 Å². The molecule has 1 N–H and O–H groups in total. The predicted molar refractivity (Wildman–Crippen MR) is 139 cm³/mol. The summed E-state index contributed by atoms with van der Waals surface area (Å²) in [7, 11) is 4.73. The first kappa shape index (κ1) is 26.5. The third kappa shape index (κ3) is 5.29. The number of amides is 1. The van der Waals surface area contributed by atoms with Crippen LogP contribution in [0.1, 0.15) is 65.1 Å². The number of halogens is 1. The quantitative estimate of drug-likeness (QED) is 0.490. The summed E-state index contributed by atoms with van der Waals surface area (Å²) in [5.41, 5.74) is 3.28. The van der Waals surface area contributed by atoms with Crippen molar-refractivity contribution in [3.63, 3.8) is 0 Å². The van der Waals surface area contributed by atoms with Crippen LogP contribution in [0, 0.1) is 0 Å². The maximum Gasteiger partial charge on any atom is 0.254 e. The molecule has 35 heavy (non-hydrogen) atoms. The van der Waals surface area contributed by atoms with Crippen molar-refractivity contribution in [2.75, 3.05) is 34.4 Å². The Morgan fingerprint density at radius 1 is 1.11 bits per heavy atom. The Hall–Kier alpha value is -3.07. The molecule has 0 atom stereocenters. The summed E-state index contributed by atoms with van der Waals surface area (Å²) in [6, 6.07) is 7.19. The molecule has 3 rings (SSSR count). The van der Waals surface area contributed by atoms with Crippen LogP contribution in [0.5, 0.6) is 17.2 Å². The molecule has 1 amide bonds. The van der Waals surface area contributed by atoms with Crippen LogP contribution < -0.4 is 19.5 Å². The molecule has 1 aliphatic heterocycles. The molecular formula is C26H32BrN3O5. The minimum absolute atomic E-state index is 0.0885. The molecule has 0 bridgehead atoms. The number of ketones is 1. The number of ether oxygens (including phenoxy) is 3. The van der Waals surface area contributed by atoms with Crippen LogP contribution in [0.3, 0.4) is 0 Å². The lowest BCUT2D eigenvalue weighted by atomic mass is 9.84. The number of amidine groups is 1. The molecule has 9 heteroatoms. The van der Waals surface area contributed by atoms with Crippen LogP contribution in [0.2, 0.25) is 0 Å². The Morgan fingerprint density at radius 2 is 1.83 bits per heavy atom. The third-order valence-corrected chi connectivity index (χ3v) is 6.24. The van der Waals surface area contributed by atoms with Gasteiger partial charge in [0.15, 0.2) is 17.3 Å². The second-order valence-corrected chi connectivity index (χ2v) is 9.57. The Morgan fingerprint density at radius 3 is 2.37 bits per heavy atom. The minimum Gasteiger partial charge on any atom is -0.493 e. The second-order valence-electron chi connectivity index (χ2n) is 9.21. The fourth-order valence-corrected chi connectivity index (χ4v) is 4.59. The molecular weight excluding hydrogens is 514 g/mol. The van der Waals surface area contributed by atoms with E-state index in [2.05, 4.69) is 46.3 Å². The second kappa shape index (κ2) is 10.7. The zero-order valence-corrected chi connectivity index (χ0v) is 22.8. The molecule has 0 aromatic heterocycles. The summed E-state index contributed by atoms with van der Waals surface area (Å²) in [4.78, 5) is 27.8. The highest BCUT2D eigenvalue weighted by molar-refractivity contribution is 9.08. The highest BCUT2D eigenvalue weighted by atomic mass is 79.9. The predicted octanol–water partition coefficient (Wildman–Crippen LogP) is 4.51. The molecule has 1 heterocycles. The lowest BCUT2D eigenvalue weighted by Crippen LogP contribution is -2.31. The lowest BCUT2D eigenvalue weighted by molar-refractivity contribution is 0.0953. The van der Waals surface area contributed by atoms with E-state index < -0.39 is 0 Å². The first-order valence-electron chi connectivity index (χ1n) is 11.3. The third-order valence-electron chi connectivity index (χ3n) is 5.90. The van der Waals surface area contributed by atoms with Crippen molar-refractivity contribution in [3.8, 4) is 17.2 Å². The maximum absolute atomic E-state index is 13.5. The summed E-state index contributed by atoms with van der Waals surface area (Å²) in [5.74, 6) is 1.88. The molecule has 0 saturated heterocycles. The topological polar surface area (TPSA) is 89.5 Å². The van der Waals surface area contributed by atoms with Gasteiger partial charge in [-0.05, 0) is 42.2 Å². The number of rotatable bonds is 8. The summed E-state index contributed by atoms with van der Waals surface area (Å²) < 4.78 is 21.1. The molecule has 0 saturated carbocycles. The molecule has 0 unspecified atom stereocenters. The van der Waals surface area contributed by atoms with E-state index in [9.17, 15) is 9.59 Å². The summed E-state index contributed by atoms with van der Waals surface area (Å²) in [5, 5.41) is 2.65. The average molecular weight is 546 g/mol. The van der Waals surface area contributed by atoms with Gasteiger partial charge in [-0.15, -0.1) is 0 Å². The zero-order valence-electron chi connectivity index (χ0n) is 21.2. The minimum atomic E-state index is -0.257. The van der Waals surface area contributed by atoms with Crippen molar-refractivity contribution in [3.05, 3.63) is 52.1 Å². The normalized spacial score (nSPS) is 14.1. The van der Waals surface area contributed by atoms with Crippen LogP contribution >= 0.6 is 16.1 Å². The molecule has 2 aromatic carbocycles. The van der Waals surface area contributed by atoms with Gasteiger partial charge in [0.25, 0.3) is 5.91 Å². The first-order valence-corrected chi connectivity index (χ1v) is 12.1. The van der Waals surface area contributed by atoms with E-state index in [1.807, 2.05) is 24.0 Å². The number of hydrogen-bond donors (Lipinski definition) is 1. The van der Waals surface area contributed by atoms with Gasteiger partial charge in [-0.25, -0.2) is 0 Å². The van der Waals surface area contributed by atoms with Crippen LogP contribution in [-0.4, -0.2) is 56.8 Å². The summed E-state index contributed by atoms with van der Waals surface area (Å²) in [6.45, 7) is 9.03. The van der Waals surface area contributed by atoms with E-state index in [-0.39, 0.29) is 23.7 Å². The number of hydrogen-bond acceptors (Lipinski definition) is 6.